The van der Waals surface area contributed by atoms with Gasteiger partial charge in [0.05, 0.1) is 11.6 Å². The molecule has 0 atom stereocenters. The van der Waals surface area contributed by atoms with E-state index in [9.17, 15) is 4.39 Å². The van der Waals surface area contributed by atoms with E-state index in [1.165, 1.54) is 12.1 Å². The van der Waals surface area contributed by atoms with Crippen molar-refractivity contribution in [3.8, 4) is 6.07 Å². The summed E-state index contributed by atoms with van der Waals surface area (Å²) in [5, 5.41) is 11.9. The smallest absolute Gasteiger partial charge is 0.127 e. The Kier molecular flexibility index (Phi) is 7.00. The highest BCUT2D eigenvalue weighted by atomic mass is 19.1. The maximum atomic E-state index is 13.4. The fraction of sp³-hybridized carbons (Fsp3) is 0.500. The number of rotatable bonds is 8. The molecule has 0 unspecified atom stereocenters. The molecule has 0 fully saturated rings. The number of hydrogen-bond donors (Lipinski definition) is 1. The van der Waals surface area contributed by atoms with Gasteiger partial charge in [-0.3, -0.25) is 0 Å². The highest BCUT2D eigenvalue weighted by Gasteiger charge is 2.02. The van der Waals surface area contributed by atoms with Crippen LogP contribution in [0.15, 0.2) is 18.2 Å². The van der Waals surface area contributed by atoms with E-state index in [1.807, 2.05) is 6.07 Å². The summed E-state index contributed by atoms with van der Waals surface area (Å²) in [5.41, 5.74) is 1.02. The number of benzene rings is 1. The van der Waals surface area contributed by atoms with Gasteiger partial charge in [-0.15, -0.1) is 0 Å². The van der Waals surface area contributed by atoms with Crippen molar-refractivity contribution >= 4 is 0 Å². The zero-order valence-electron chi connectivity index (χ0n) is 10.7. The first-order valence-electron chi connectivity index (χ1n) is 6.25. The molecule has 0 aliphatic heterocycles. The maximum Gasteiger partial charge on any atom is 0.127 e. The van der Waals surface area contributed by atoms with Crippen LogP contribution in [0, 0.1) is 17.1 Å². The van der Waals surface area contributed by atoms with Crippen LogP contribution in [-0.4, -0.2) is 19.8 Å². The second-order valence-electron chi connectivity index (χ2n) is 4.06. The van der Waals surface area contributed by atoms with Crippen LogP contribution < -0.4 is 5.32 Å². The van der Waals surface area contributed by atoms with E-state index in [-0.39, 0.29) is 5.82 Å². The van der Waals surface area contributed by atoms with Crippen molar-refractivity contribution in [1.29, 1.82) is 5.26 Å². The Bertz CT molecular complexity index is 401. The standard InChI is InChI=1S/C14H19FN2O/c1-2-7-18-8-3-6-17-11-13-9-12(10-16)4-5-14(13)15/h4-5,9,17H,2-3,6-8,11H2,1H3. The van der Waals surface area contributed by atoms with E-state index in [2.05, 4.69) is 12.2 Å². The second-order valence-corrected chi connectivity index (χ2v) is 4.06. The van der Waals surface area contributed by atoms with Crippen molar-refractivity contribution in [3.63, 3.8) is 0 Å². The number of nitriles is 1. The first-order valence-corrected chi connectivity index (χ1v) is 6.25. The molecule has 0 heterocycles. The summed E-state index contributed by atoms with van der Waals surface area (Å²) in [6.07, 6.45) is 1.93. The third-order valence-electron chi connectivity index (χ3n) is 2.48. The lowest BCUT2D eigenvalue weighted by Crippen LogP contribution is -2.17. The third kappa shape index (κ3) is 5.26. The number of nitrogens with zero attached hydrogens (tertiary/aromatic N) is 1. The molecule has 0 spiro atoms. The second kappa shape index (κ2) is 8.62. The SMILES string of the molecule is CCCOCCCNCc1cc(C#N)ccc1F. The lowest BCUT2D eigenvalue weighted by atomic mass is 10.1. The largest absolute Gasteiger partial charge is 0.381 e. The fourth-order valence-corrected chi connectivity index (χ4v) is 1.55. The number of hydrogen-bond acceptors (Lipinski definition) is 3. The van der Waals surface area contributed by atoms with Gasteiger partial charge < -0.3 is 10.1 Å². The number of ether oxygens (including phenoxy) is 1. The van der Waals surface area contributed by atoms with Gasteiger partial charge >= 0.3 is 0 Å². The highest BCUT2D eigenvalue weighted by molar-refractivity contribution is 5.33. The van der Waals surface area contributed by atoms with Crippen LogP contribution >= 0.6 is 0 Å². The van der Waals surface area contributed by atoms with E-state index < -0.39 is 0 Å². The predicted molar refractivity (Wildman–Crippen MR) is 68.5 cm³/mol. The van der Waals surface area contributed by atoms with Gasteiger partial charge in [0, 0.05) is 25.3 Å². The molecule has 1 aromatic carbocycles. The molecule has 1 rings (SSSR count). The molecule has 1 aromatic rings. The van der Waals surface area contributed by atoms with Gasteiger partial charge in [0.2, 0.25) is 0 Å². The Balaban J connectivity index is 2.25. The normalized spacial score (nSPS) is 10.3. The molecule has 0 aromatic heterocycles. The Morgan fingerprint density at radius 2 is 2.22 bits per heavy atom. The van der Waals surface area contributed by atoms with Crippen molar-refractivity contribution in [3.05, 3.63) is 35.1 Å². The summed E-state index contributed by atoms with van der Waals surface area (Å²) in [6.45, 7) is 4.80. The number of nitrogens with one attached hydrogen (secondary N) is 1. The summed E-state index contributed by atoms with van der Waals surface area (Å²) >= 11 is 0. The van der Waals surface area contributed by atoms with Crippen molar-refractivity contribution in [2.45, 2.75) is 26.3 Å². The minimum Gasteiger partial charge on any atom is -0.381 e. The van der Waals surface area contributed by atoms with Gasteiger partial charge in [-0.1, -0.05) is 6.92 Å². The maximum absolute atomic E-state index is 13.4. The Morgan fingerprint density at radius 3 is 2.94 bits per heavy atom. The number of halogens is 1. The Hall–Kier alpha value is -1.44. The average molecular weight is 250 g/mol. The van der Waals surface area contributed by atoms with Crippen LogP contribution in [0.3, 0.4) is 0 Å². The summed E-state index contributed by atoms with van der Waals surface area (Å²) in [7, 11) is 0. The molecule has 0 aliphatic rings. The van der Waals surface area contributed by atoms with Gasteiger partial charge in [-0.25, -0.2) is 4.39 Å². The van der Waals surface area contributed by atoms with Crippen LogP contribution in [0.2, 0.25) is 0 Å². The van der Waals surface area contributed by atoms with Crippen LogP contribution in [0.1, 0.15) is 30.9 Å². The summed E-state index contributed by atoms with van der Waals surface area (Å²) in [5.74, 6) is -0.274. The molecule has 0 amide bonds. The predicted octanol–water partition coefficient (Wildman–Crippen LogP) is 2.60. The first-order chi connectivity index (χ1) is 8.77. The van der Waals surface area contributed by atoms with Crippen LogP contribution in [0.25, 0.3) is 0 Å². The van der Waals surface area contributed by atoms with E-state index in [0.717, 1.165) is 32.6 Å². The molecular weight excluding hydrogens is 231 g/mol. The van der Waals surface area contributed by atoms with Gasteiger partial charge in [-0.05, 0) is 37.6 Å². The van der Waals surface area contributed by atoms with Gasteiger partial charge in [0.1, 0.15) is 5.82 Å². The fourth-order valence-electron chi connectivity index (χ4n) is 1.55. The van der Waals surface area contributed by atoms with Gasteiger partial charge in [-0.2, -0.15) is 5.26 Å². The Labute approximate surface area is 108 Å². The molecule has 3 nitrogen and oxygen atoms in total. The van der Waals surface area contributed by atoms with E-state index in [4.69, 9.17) is 10.00 Å². The first kappa shape index (κ1) is 14.6. The van der Waals surface area contributed by atoms with E-state index in [1.54, 1.807) is 6.07 Å². The lowest BCUT2D eigenvalue weighted by Gasteiger charge is -2.06. The van der Waals surface area contributed by atoms with Crippen LogP contribution in [0.4, 0.5) is 4.39 Å². The Morgan fingerprint density at radius 1 is 1.39 bits per heavy atom. The van der Waals surface area contributed by atoms with Gasteiger partial charge in [0.25, 0.3) is 0 Å². The average Bonchev–Trinajstić information content (AvgIpc) is 2.39. The molecule has 0 saturated carbocycles. The minimum absolute atomic E-state index is 0.274. The van der Waals surface area contributed by atoms with Gasteiger partial charge in [0.15, 0.2) is 0 Å². The zero-order valence-corrected chi connectivity index (χ0v) is 10.7. The molecule has 0 aliphatic carbocycles. The van der Waals surface area contributed by atoms with Crippen molar-refractivity contribution in [2.24, 2.45) is 0 Å². The zero-order chi connectivity index (χ0) is 13.2. The third-order valence-corrected chi connectivity index (χ3v) is 2.48. The van der Waals surface area contributed by atoms with Crippen LogP contribution in [0.5, 0.6) is 0 Å². The molecular formula is C14H19FN2O. The molecule has 18 heavy (non-hydrogen) atoms. The molecule has 0 saturated heterocycles. The quantitative estimate of drug-likeness (QED) is 0.721. The van der Waals surface area contributed by atoms with Crippen molar-refractivity contribution in [1.82, 2.24) is 5.32 Å². The molecule has 4 heteroatoms. The lowest BCUT2D eigenvalue weighted by molar-refractivity contribution is 0.132. The minimum atomic E-state index is -0.274. The summed E-state index contributed by atoms with van der Waals surface area (Å²) in [4.78, 5) is 0. The monoisotopic (exact) mass is 250 g/mol. The van der Waals surface area contributed by atoms with Crippen molar-refractivity contribution < 1.29 is 9.13 Å². The summed E-state index contributed by atoms with van der Waals surface area (Å²) in [6, 6.07) is 6.40. The topological polar surface area (TPSA) is 45.0 Å². The molecule has 1 N–H and O–H groups in total. The van der Waals surface area contributed by atoms with E-state index in [0.29, 0.717) is 17.7 Å². The van der Waals surface area contributed by atoms with E-state index >= 15 is 0 Å². The summed E-state index contributed by atoms with van der Waals surface area (Å²) < 4.78 is 18.7. The molecule has 0 bridgehead atoms. The molecule has 0 radical (unpaired) electrons. The van der Waals surface area contributed by atoms with Crippen LogP contribution in [-0.2, 0) is 11.3 Å². The highest BCUT2D eigenvalue weighted by Crippen LogP contribution is 2.09. The molecule has 98 valence electrons. The van der Waals surface area contributed by atoms with Crippen molar-refractivity contribution in [2.75, 3.05) is 19.8 Å².